The Morgan fingerprint density at radius 1 is 1.30 bits per heavy atom. The highest BCUT2D eigenvalue weighted by atomic mass is 16.2. The summed E-state index contributed by atoms with van der Waals surface area (Å²) in [6, 6.07) is 5.63. The monoisotopic (exact) mass is 362 g/mol. The van der Waals surface area contributed by atoms with E-state index in [1.54, 1.807) is 18.6 Å². The molecule has 138 valence electrons. The van der Waals surface area contributed by atoms with Crippen LogP contribution in [0.25, 0.3) is 11.5 Å². The number of nitrogens with zero attached hydrogens (tertiary/aromatic N) is 6. The van der Waals surface area contributed by atoms with E-state index in [1.165, 1.54) is 0 Å². The highest BCUT2D eigenvalue weighted by Gasteiger charge is 2.32. The zero-order chi connectivity index (χ0) is 18.8. The SMILES string of the molecule is Cc1cc(-c2nccn2C)nc([C@H]2CCCN2C(=O)Cc2cccnc2)n1. The minimum Gasteiger partial charge on any atom is -0.333 e. The number of rotatable bonds is 4. The molecule has 4 heterocycles. The molecule has 0 saturated carbocycles. The van der Waals surface area contributed by atoms with Crippen LogP contribution in [0.5, 0.6) is 0 Å². The molecule has 1 aliphatic rings. The quantitative estimate of drug-likeness (QED) is 0.713. The second kappa shape index (κ2) is 7.26. The Labute approximate surface area is 158 Å². The third-order valence-corrected chi connectivity index (χ3v) is 4.87. The number of carbonyl (C=O) groups is 1. The van der Waals surface area contributed by atoms with Gasteiger partial charge in [0.15, 0.2) is 11.6 Å². The smallest absolute Gasteiger partial charge is 0.227 e. The summed E-state index contributed by atoms with van der Waals surface area (Å²) in [4.78, 5) is 32.7. The van der Waals surface area contributed by atoms with Gasteiger partial charge in [-0.15, -0.1) is 0 Å². The molecule has 0 N–H and O–H groups in total. The van der Waals surface area contributed by atoms with E-state index in [9.17, 15) is 4.79 Å². The van der Waals surface area contributed by atoms with Gasteiger partial charge in [0.25, 0.3) is 0 Å². The maximum atomic E-state index is 12.9. The Hall–Kier alpha value is -3.09. The van der Waals surface area contributed by atoms with Gasteiger partial charge in [-0.3, -0.25) is 9.78 Å². The molecule has 3 aromatic heterocycles. The zero-order valence-electron chi connectivity index (χ0n) is 15.5. The van der Waals surface area contributed by atoms with Crippen LogP contribution in [0, 0.1) is 6.92 Å². The van der Waals surface area contributed by atoms with Crippen molar-refractivity contribution in [3.63, 3.8) is 0 Å². The lowest BCUT2D eigenvalue weighted by Gasteiger charge is -2.24. The van der Waals surface area contributed by atoms with Crippen LogP contribution in [0.3, 0.4) is 0 Å². The van der Waals surface area contributed by atoms with Gasteiger partial charge in [-0.2, -0.15) is 0 Å². The van der Waals surface area contributed by atoms with E-state index in [1.807, 2.05) is 47.8 Å². The van der Waals surface area contributed by atoms with E-state index in [2.05, 4.69) is 15.0 Å². The van der Waals surface area contributed by atoms with Crippen molar-refractivity contribution in [2.24, 2.45) is 7.05 Å². The molecule has 4 rings (SSSR count). The second-order valence-electron chi connectivity index (χ2n) is 6.90. The van der Waals surface area contributed by atoms with E-state index in [-0.39, 0.29) is 11.9 Å². The number of pyridine rings is 1. The average molecular weight is 362 g/mol. The molecule has 0 aliphatic carbocycles. The summed E-state index contributed by atoms with van der Waals surface area (Å²) in [6.45, 7) is 2.69. The van der Waals surface area contributed by atoms with Gasteiger partial charge in [-0.1, -0.05) is 6.07 Å². The maximum absolute atomic E-state index is 12.9. The van der Waals surface area contributed by atoms with Crippen LogP contribution in [0.2, 0.25) is 0 Å². The first-order chi connectivity index (χ1) is 13.1. The third-order valence-electron chi connectivity index (χ3n) is 4.87. The second-order valence-corrected chi connectivity index (χ2v) is 6.90. The molecule has 7 heteroatoms. The Balaban J connectivity index is 1.61. The highest BCUT2D eigenvalue weighted by molar-refractivity contribution is 5.79. The van der Waals surface area contributed by atoms with Gasteiger partial charge in [-0.05, 0) is 37.5 Å². The summed E-state index contributed by atoms with van der Waals surface area (Å²) >= 11 is 0. The molecule has 7 nitrogen and oxygen atoms in total. The van der Waals surface area contributed by atoms with Gasteiger partial charge in [0.2, 0.25) is 5.91 Å². The minimum absolute atomic E-state index is 0.0897. The molecule has 3 aromatic rings. The lowest BCUT2D eigenvalue weighted by Crippen LogP contribution is -2.32. The van der Waals surface area contributed by atoms with Crippen molar-refractivity contribution in [1.29, 1.82) is 0 Å². The fraction of sp³-hybridized carbons (Fsp3) is 0.350. The van der Waals surface area contributed by atoms with E-state index in [0.29, 0.717) is 12.2 Å². The topological polar surface area (TPSA) is 76.8 Å². The predicted octanol–water partition coefficient (Wildman–Crippen LogP) is 2.49. The highest BCUT2D eigenvalue weighted by Crippen LogP contribution is 2.31. The van der Waals surface area contributed by atoms with Crippen molar-refractivity contribution in [3.8, 4) is 11.5 Å². The normalized spacial score (nSPS) is 16.7. The number of likely N-dealkylation sites (tertiary alicyclic amines) is 1. The van der Waals surface area contributed by atoms with Crippen molar-refractivity contribution >= 4 is 5.91 Å². The summed E-state index contributed by atoms with van der Waals surface area (Å²) in [6.07, 6.45) is 9.29. The lowest BCUT2D eigenvalue weighted by molar-refractivity contribution is -0.131. The van der Waals surface area contributed by atoms with E-state index in [0.717, 1.165) is 42.2 Å². The number of amides is 1. The van der Waals surface area contributed by atoms with Crippen molar-refractivity contribution < 1.29 is 4.79 Å². The summed E-state index contributed by atoms with van der Waals surface area (Å²) in [7, 11) is 1.94. The molecule has 0 unspecified atom stereocenters. The summed E-state index contributed by atoms with van der Waals surface area (Å²) in [5, 5.41) is 0. The molecular weight excluding hydrogens is 340 g/mol. The first-order valence-electron chi connectivity index (χ1n) is 9.13. The van der Waals surface area contributed by atoms with E-state index >= 15 is 0 Å². The molecule has 1 fully saturated rings. The van der Waals surface area contributed by atoms with Gasteiger partial charge in [-0.25, -0.2) is 15.0 Å². The Bertz CT molecular complexity index is 952. The first kappa shape index (κ1) is 17.3. The number of aromatic nitrogens is 5. The van der Waals surface area contributed by atoms with E-state index in [4.69, 9.17) is 4.98 Å². The van der Waals surface area contributed by atoms with Crippen LogP contribution in [-0.4, -0.2) is 41.9 Å². The molecule has 0 aromatic carbocycles. The number of carbonyl (C=O) groups excluding carboxylic acids is 1. The van der Waals surface area contributed by atoms with Gasteiger partial charge in [0, 0.05) is 44.1 Å². The fourth-order valence-corrected chi connectivity index (χ4v) is 3.58. The van der Waals surface area contributed by atoms with Crippen LogP contribution in [0.4, 0.5) is 0 Å². The number of aryl methyl sites for hydroxylation is 2. The van der Waals surface area contributed by atoms with Gasteiger partial charge >= 0.3 is 0 Å². The van der Waals surface area contributed by atoms with Crippen LogP contribution in [0.15, 0.2) is 43.0 Å². The number of hydrogen-bond acceptors (Lipinski definition) is 5. The molecule has 1 amide bonds. The molecule has 27 heavy (non-hydrogen) atoms. The minimum atomic E-state index is -0.0897. The number of imidazole rings is 1. The number of hydrogen-bond donors (Lipinski definition) is 0. The van der Waals surface area contributed by atoms with E-state index < -0.39 is 0 Å². The van der Waals surface area contributed by atoms with Crippen LogP contribution < -0.4 is 0 Å². The summed E-state index contributed by atoms with van der Waals surface area (Å²) < 4.78 is 1.94. The van der Waals surface area contributed by atoms with Gasteiger partial charge in [0.1, 0.15) is 5.69 Å². The molecule has 1 saturated heterocycles. The van der Waals surface area contributed by atoms with Crippen molar-refractivity contribution in [2.45, 2.75) is 32.2 Å². The molecule has 0 bridgehead atoms. The average Bonchev–Trinajstić information content (AvgIpc) is 3.31. The lowest BCUT2D eigenvalue weighted by atomic mass is 10.1. The predicted molar refractivity (Wildman–Crippen MR) is 101 cm³/mol. The Kier molecular flexibility index (Phi) is 4.66. The zero-order valence-corrected chi connectivity index (χ0v) is 15.5. The van der Waals surface area contributed by atoms with Crippen LogP contribution in [0.1, 0.15) is 36.0 Å². The van der Waals surface area contributed by atoms with Gasteiger partial charge in [0.05, 0.1) is 12.5 Å². The third kappa shape index (κ3) is 3.58. The fourth-order valence-electron chi connectivity index (χ4n) is 3.58. The standard InChI is InChI=1S/C20H22N6O/c1-14-11-16(20-22-8-10-25(20)2)24-19(23-14)17-6-4-9-26(17)18(27)12-15-5-3-7-21-13-15/h3,5,7-8,10-11,13,17H,4,6,9,12H2,1-2H3/t17-/m1/s1. The Morgan fingerprint density at radius 2 is 2.19 bits per heavy atom. The maximum Gasteiger partial charge on any atom is 0.227 e. The van der Waals surface area contributed by atoms with Crippen LogP contribution >= 0.6 is 0 Å². The molecule has 0 radical (unpaired) electrons. The molecule has 1 aliphatic heterocycles. The summed E-state index contributed by atoms with van der Waals surface area (Å²) in [5.41, 5.74) is 2.59. The van der Waals surface area contributed by atoms with Crippen molar-refractivity contribution in [3.05, 3.63) is 60.1 Å². The largest absolute Gasteiger partial charge is 0.333 e. The first-order valence-corrected chi connectivity index (χ1v) is 9.13. The molecule has 1 atom stereocenters. The molecule has 0 spiro atoms. The van der Waals surface area contributed by atoms with Crippen molar-refractivity contribution in [1.82, 2.24) is 29.4 Å². The molecular formula is C20H22N6O. The van der Waals surface area contributed by atoms with Crippen LogP contribution in [-0.2, 0) is 18.3 Å². The summed E-state index contributed by atoms with van der Waals surface area (Å²) in [5.74, 6) is 1.59. The van der Waals surface area contributed by atoms with Gasteiger partial charge < -0.3 is 9.47 Å². The van der Waals surface area contributed by atoms with Crippen molar-refractivity contribution in [2.75, 3.05) is 6.54 Å². The Morgan fingerprint density at radius 3 is 2.93 bits per heavy atom.